The fraction of sp³-hybridized carbons (Fsp3) is 0.444. The Balaban J connectivity index is 0.00000338. The summed E-state index contributed by atoms with van der Waals surface area (Å²) >= 11 is 0. The van der Waals surface area contributed by atoms with Crippen LogP contribution in [-0.2, 0) is 19.5 Å². The minimum atomic E-state index is 0. The highest BCUT2D eigenvalue weighted by atomic mass is 127. The summed E-state index contributed by atoms with van der Waals surface area (Å²) in [7, 11) is 3.24. The first-order valence-electron chi connectivity index (χ1n) is 8.37. The smallest absolute Gasteiger partial charge is 0.191 e. The molecule has 0 aliphatic heterocycles. The highest BCUT2D eigenvalue weighted by Gasteiger charge is 2.06. The van der Waals surface area contributed by atoms with Crippen molar-refractivity contribution in [3.8, 4) is 11.5 Å². The van der Waals surface area contributed by atoms with E-state index in [1.807, 2.05) is 38.1 Å². The molecule has 2 aromatic rings. The van der Waals surface area contributed by atoms with Gasteiger partial charge in [0.1, 0.15) is 0 Å². The van der Waals surface area contributed by atoms with Gasteiger partial charge in [-0.15, -0.1) is 24.0 Å². The molecule has 0 spiro atoms. The van der Waals surface area contributed by atoms with E-state index in [0.717, 1.165) is 30.0 Å². The number of ether oxygens (including phenoxy) is 2. The van der Waals surface area contributed by atoms with E-state index in [1.54, 1.807) is 14.2 Å². The number of nitrogens with zero attached hydrogens (tertiary/aromatic N) is 2. The number of halogens is 1. The molecular formula is C18H27IN4O3. The standard InChI is InChI=1S/C18H26N4O3.HI/c1-5-14-10-15(25-22-14)12-21-18(19-6-2)20-11-13-7-8-16(23-3)17(9-13)24-4;/h7-10H,5-6,11-12H2,1-4H3,(H2,19,20,21);1H. The first kappa shape index (κ1) is 22.1. The number of rotatable bonds is 8. The van der Waals surface area contributed by atoms with E-state index in [9.17, 15) is 0 Å². The van der Waals surface area contributed by atoms with Crippen molar-refractivity contribution in [1.29, 1.82) is 0 Å². The van der Waals surface area contributed by atoms with Gasteiger partial charge in [0.05, 0.1) is 33.0 Å². The van der Waals surface area contributed by atoms with E-state index in [1.165, 1.54) is 0 Å². The Labute approximate surface area is 171 Å². The number of aliphatic imine (C=N–C) groups is 1. The van der Waals surface area contributed by atoms with E-state index in [4.69, 9.17) is 14.0 Å². The molecule has 0 aliphatic carbocycles. The second-order valence-corrected chi connectivity index (χ2v) is 5.38. The van der Waals surface area contributed by atoms with Crippen molar-refractivity contribution < 1.29 is 14.0 Å². The largest absolute Gasteiger partial charge is 0.493 e. The summed E-state index contributed by atoms with van der Waals surface area (Å²) < 4.78 is 15.9. The van der Waals surface area contributed by atoms with Crippen molar-refractivity contribution in [2.24, 2.45) is 4.99 Å². The number of benzene rings is 1. The molecule has 2 rings (SSSR count). The fourth-order valence-electron chi connectivity index (χ4n) is 2.27. The highest BCUT2D eigenvalue weighted by Crippen LogP contribution is 2.27. The predicted octanol–water partition coefficient (Wildman–Crippen LogP) is 3.13. The van der Waals surface area contributed by atoms with Crippen molar-refractivity contribution >= 4 is 29.9 Å². The highest BCUT2D eigenvalue weighted by molar-refractivity contribution is 14.0. The molecule has 0 radical (unpaired) electrons. The van der Waals surface area contributed by atoms with Crippen LogP contribution in [0.3, 0.4) is 0 Å². The lowest BCUT2D eigenvalue weighted by Crippen LogP contribution is -2.36. The lowest BCUT2D eigenvalue weighted by Gasteiger charge is -2.11. The Kier molecular flexibility index (Phi) is 9.85. The molecule has 0 amide bonds. The van der Waals surface area contributed by atoms with Gasteiger partial charge in [-0.1, -0.05) is 18.1 Å². The molecule has 1 heterocycles. The van der Waals surface area contributed by atoms with Gasteiger partial charge in [-0.05, 0) is 31.0 Å². The van der Waals surface area contributed by atoms with Crippen LogP contribution in [0.5, 0.6) is 11.5 Å². The first-order chi connectivity index (χ1) is 12.2. The van der Waals surface area contributed by atoms with Gasteiger partial charge in [-0.3, -0.25) is 0 Å². The third-order valence-corrected chi connectivity index (χ3v) is 3.61. The summed E-state index contributed by atoms with van der Waals surface area (Å²) in [5.74, 6) is 2.90. The maximum absolute atomic E-state index is 5.33. The zero-order valence-corrected chi connectivity index (χ0v) is 18.0. The first-order valence-corrected chi connectivity index (χ1v) is 8.37. The van der Waals surface area contributed by atoms with E-state index in [0.29, 0.717) is 30.5 Å². The Morgan fingerprint density at radius 1 is 1.12 bits per heavy atom. The third kappa shape index (κ3) is 6.40. The van der Waals surface area contributed by atoms with Gasteiger partial charge in [0.15, 0.2) is 23.2 Å². The zero-order chi connectivity index (χ0) is 18.1. The van der Waals surface area contributed by atoms with E-state index < -0.39 is 0 Å². The Bertz CT molecular complexity index is 703. The number of aromatic nitrogens is 1. The molecule has 0 aliphatic rings. The van der Waals surface area contributed by atoms with Crippen LogP contribution in [0.2, 0.25) is 0 Å². The molecule has 144 valence electrons. The molecular weight excluding hydrogens is 447 g/mol. The number of hydrogen-bond donors (Lipinski definition) is 2. The summed E-state index contributed by atoms with van der Waals surface area (Å²) in [6.07, 6.45) is 0.858. The molecule has 8 heteroatoms. The number of guanidine groups is 1. The second kappa shape index (κ2) is 11.6. The maximum atomic E-state index is 5.33. The summed E-state index contributed by atoms with van der Waals surface area (Å²) in [6, 6.07) is 7.73. The van der Waals surface area contributed by atoms with Gasteiger partial charge >= 0.3 is 0 Å². The molecule has 1 aromatic carbocycles. The quantitative estimate of drug-likeness (QED) is 0.348. The van der Waals surface area contributed by atoms with Crippen molar-refractivity contribution in [1.82, 2.24) is 15.8 Å². The van der Waals surface area contributed by atoms with Crippen LogP contribution in [0, 0.1) is 0 Å². The van der Waals surface area contributed by atoms with Crippen molar-refractivity contribution in [2.75, 3.05) is 20.8 Å². The van der Waals surface area contributed by atoms with Crippen LogP contribution < -0.4 is 20.1 Å². The summed E-state index contributed by atoms with van der Waals surface area (Å²) in [5.41, 5.74) is 1.98. The molecule has 0 fully saturated rings. The molecule has 0 bridgehead atoms. The summed E-state index contributed by atoms with van der Waals surface area (Å²) in [5, 5.41) is 10.4. The van der Waals surface area contributed by atoms with Gasteiger partial charge in [0, 0.05) is 12.6 Å². The van der Waals surface area contributed by atoms with E-state index >= 15 is 0 Å². The summed E-state index contributed by atoms with van der Waals surface area (Å²) in [6.45, 7) is 5.90. The van der Waals surface area contributed by atoms with Crippen LogP contribution in [-0.4, -0.2) is 31.9 Å². The average molecular weight is 474 g/mol. The molecule has 7 nitrogen and oxygen atoms in total. The van der Waals surface area contributed by atoms with Crippen LogP contribution in [0.25, 0.3) is 0 Å². The van der Waals surface area contributed by atoms with Gasteiger partial charge < -0.3 is 24.6 Å². The van der Waals surface area contributed by atoms with Crippen LogP contribution in [0.4, 0.5) is 0 Å². The molecule has 2 N–H and O–H groups in total. The molecule has 0 atom stereocenters. The van der Waals surface area contributed by atoms with Crippen molar-refractivity contribution in [3.05, 3.63) is 41.3 Å². The van der Waals surface area contributed by atoms with Crippen LogP contribution in [0.1, 0.15) is 30.9 Å². The molecule has 26 heavy (non-hydrogen) atoms. The monoisotopic (exact) mass is 474 g/mol. The molecule has 0 saturated carbocycles. The Hall–Kier alpha value is -1.97. The fourth-order valence-corrected chi connectivity index (χ4v) is 2.27. The predicted molar refractivity (Wildman–Crippen MR) is 112 cm³/mol. The number of hydrogen-bond acceptors (Lipinski definition) is 5. The third-order valence-electron chi connectivity index (χ3n) is 3.61. The van der Waals surface area contributed by atoms with E-state index in [2.05, 4.69) is 20.8 Å². The molecule has 1 aromatic heterocycles. The van der Waals surface area contributed by atoms with Gasteiger partial charge in [-0.25, -0.2) is 4.99 Å². The summed E-state index contributed by atoms with van der Waals surface area (Å²) in [4.78, 5) is 4.59. The number of aryl methyl sites for hydroxylation is 1. The van der Waals surface area contributed by atoms with Crippen molar-refractivity contribution in [3.63, 3.8) is 0 Å². The maximum Gasteiger partial charge on any atom is 0.191 e. The molecule has 0 unspecified atom stereocenters. The Morgan fingerprint density at radius 3 is 2.50 bits per heavy atom. The minimum absolute atomic E-state index is 0. The number of methoxy groups -OCH3 is 2. The van der Waals surface area contributed by atoms with Crippen molar-refractivity contribution in [2.45, 2.75) is 33.4 Å². The lowest BCUT2D eigenvalue weighted by molar-refractivity contribution is 0.354. The van der Waals surface area contributed by atoms with E-state index in [-0.39, 0.29) is 24.0 Å². The average Bonchev–Trinajstić information content (AvgIpc) is 3.11. The molecule has 0 saturated heterocycles. The Morgan fingerprint density at radius 2 is 1.88 bits per heavy atom. The van der Waals surface area contributed by atoms with Gasteiger partial charge in [0.2, 0.25) is 0 Å². The van der Waals surface area contributed by atoms with Crippen LogP contribution >= 0.6 is 24.0 Å². The SMILES string of the molecule is CCNC(=NCc1ccc(OC)c(OC)c1)NCc1cc(CC)no1.I. The normalized spacial score (nSPS) is 10.8. The van der Waals surface area contributed by atoms with Gasteiger partial charge in [0.25, 0.3) is 0 Å². The minimum Gasteiger partial charge on any atom is -0.493 e. The number of nitrogens with one attached hydrogen (secondary N) is 2. The van der Waals surface area contributed by atoms with Crippen LogP contribution in [0.15, 0.2) is 33.8 Å². The topological polar surface area (TPSA) is 80.9 Å². The van der Waals surface area contributed by atoms with Gasteiger partial charge in [-0.2, -0.15) is 0 Å². The second-order valence-electron chi connectivity index (χ2n) is 5.38. The lowest BCUT2D eigenvalue weighted by atomic mass is 10.2. The zero-order valence-electron chi connectivity index (χ0n) is 15.7.